The molecule has 51 heavy (non-hydrogen) atoms. The van der Waals surface area contributed by atoms with E-state index in [0.29, 0.717) is 0 Å². The third-order valence-electron chi connectivity index (χ3n) is 10.9. The first-order valence-electron chi connectivity index (χ1n) is 17.6. The summed E-state index contributed by atoms with van der Waals surface area (Å²) >= 11 is 0. The van der Waals surface area contributed by atoms with Crippen molar-refractivity contribution in [2.75, 3.05) is 0 Å². The van der Waals surface area contributed by atoms with Gasteiger partial charge in [0.15, 0.2) is 0 Å². The quantitative estimate of drug-likeness (QED) is 0.173. The minimum atomic E-state index is 0.923. The van der Waals surface area contributed by atoms with E-state index in [1.807, 2.05) is 12.1 Å². The molecule has 0 amide bonds. The van der Waals surface area contributed by atoms with Gasteiger partial charge in [0.2, 0.25) is 0 Å². The molecule has 10 aromatic carbocycles. The van der Waals surface area contributed by atoms with Crippen LogP contribution in [0.2, 0.25) is 0 Å². The van der Waals surface area contributed by atoms with Crippen LogP contribution in [0.5, 0.6) is 0 Å². The second-order valence-electron chi connectivity index (χ2n) is 13.6. The van der Waals surface area contributed by atoms with Crippen molar-refractivity contribution in [3.8, 4) is 44.5 Å². The highest BCUT2D eigenvalue weighted by atomic mass is 16.3. The largest absolute Gasteiger partial charge is 0.456 e. The van der Waals surface area contributed by atoms with Crippen molar-refractivity contribution in [1.29, 1.82) is 0 Å². The number of hydrogen-bond donors (Lipinski definition) is 0. The smallest absolute Gasteiger partial charge is 0.135 e. The third kappa shape index (κ3) is 4.35. The van der Waals surface area contributed by atoms with E-state index < -0.39 is 0 Å². The number of para-hydroxylation sites is 1. The average Bonchev–Trinajstić information content (AvgIpc) is 3.58. The second-order valence-corrected chi connectivity index (χ2v) is 13.6. The Bertz CT molecular complexity index is 3100. The van der Waals surface area contributed by atoms with Gasteiger partial charge in [-0.1, -0.05) is 164 Å². The molecule has 0 aliphatic carbocycles. The van der Waals surface area contributed by atoms with Crippen molar-refractivity contribution in [2.24, 2.45) is 0 Å². The zero-order valence-corrected chi connectivity index (χ0v) is 27.7. The standard InChI is InChI=1S/C50H30O/c1-2-8-39-32(6-1)7-5-10-40(39)33-16-18-35(19-17-33)42-26-21-37-22-27-44-41(25-20-36-23-28-45(42)50(37)49(36)44)34-14-12-31(13-15-34)38-24-29-48-46(30-38)43-9-3-4-11-47(43)51-48/h1-30H. The predicted molar refractivity (Wildman–Crippen MR) is 217 cm³/mol. The lowest BCUT2D eigenvalue weighted by Crippen LogP contribution is -1.90. The highest BCUT2D eigenvalue weighted by molar-refractivity contribution is 6.27. The molecular formula is C50H30O. The fourth-order valence-electron chi connectivity index (χ4n) is 8.36. The highest BCUT2D eigenvalue weighted by Crippen LogP contribution is 2.43. The molecular weight excluding hydrogens is 617 g/mol. The summed E-state index contributed by atoms with van der Waals surface area (Å²) in [6, 6.07) is 66.4. The fraction of sp³-hybridized carbons (Fsp3) is 0. The molecule has 0 aliphatic heterocycles. The summed E-state index contributed by atoms with van der Waals surface area (Å²) in [4.78, 5) is 0. The predicted octanol–water partition coefficient (Wildman–Crippen LogP) is 14.3. The van der Waals surface area contributed by atoms with E-state index in [1.54, 1.807) is 0 Å². The Morgan fingerprint density at radius 2 is 0.745 bits per heavy atom. The highest BCUT2D eigenvalue weighted by Gasteiger charge is 2.16. The first-order chi connectivity index (χ1) is 25.3. The van der Waals surface area contributed by atoms with Gasteiger partial charge in [-0.15, -0.1) is 0 Å². The molecule has 0 saturated heterocycles. The van der Waals surface area contributed by atoms with Crippen LogP contribution in [0.15, 0.2) is 186 Å². The maximum atomic E-state index is 6.08. The lowest BCUT2D eigenvalue weighted by atomic mass is 9.87. The van der Waals surface area contributed by atoms with Crippen LogP contribution in [0.4, 0.5) is 0 Å². The molecule has 0 unspecified atom stereocenters. The van der Waals surface area contributed by atoms with Gasteiger partial charge in [-0.25, -0.2) is 0 Å². The number of furan rings is 1. The maximum absolute atomic E-state index is 6.08. The molecule has 0 spiro atoms. The molecule has 0 radical (unpaired) electrons. The molecule has 0 fully saturated rings. The number of fused-ring (bicyclic) bond motifs is 4. The van der Waals surface area contributed by atoms with E-state index in [4.69, 9.17) is 4.42 Å². The Kier molecular flexibility index (Phi) is 6.02. The maximum Gasteiger partial charge on any atom is 0.135 e. The van der Waals surface area contributed by atoms with Crippen LogP contribution < -0.4 is 0 Å². The van der Waals surface area contributed by atoms with Crippen molar-refractivity contribution in [3.05, 3.63) is 182 Å². The molecule has 0 saturated carbocycles. The van der Waals surface area contributed by atoms with Gasteiger partial charge in [0.1, 0.15) is 11.2 Å². The third-order valence-corrected chi connectivity index (χ3v) is 10.9. The van der Waals surface area contributed by atoms with E-state index in [2.05, 4.69) is 170 Å². The molecule has 1 aromatic heterocycles. The van der Waals surface area contributed by atoms with Gasteiger partial charge in [0, 0.05) is 10.8 Å². The van der Waals surface area contributed by atoms with Gasteiger partial charge in [-0.3, -0.25) is 0 Å². The van der Waals surface area contributed by atoms with Gasteiger partial charge < -0.3 is 4.42 Å². The van der Waals surface area contributed by atoms with Crippen molar-refractivity contribution >= 4 is 65.0 Å². The van der Waals surface area contributed by atoms with Gasteiger partial charge in [0.05, 0.1) is 0 Å². The Morgan fingerprint density at radius 3 is 1.41 bits per heavy atom. The molecule has 1 heteroatoms. The summed E-state index contributed by atoms with van der Waals surface area (Å²) in [6.07, 6.45) is 0. The fourth-order valence-corrected chi connectivity index (χ4v) is 8.36. The normalized spacial score (nSPS) is 11.9. The summed E-state index contributed by atoms with van der Waals surface area (Å²) in [7, 11) is 0. The summed E-state index contributed by atoms with van der Waals surface area (Å²) in [5.74, 6) is 0. The molecule has 0 bridgehead atoms. The van der Waals surface area contributed by atoms with Crippen LogP contribution in [0.25, 0.3) is 110 Å². The first-order valence-corrected chi connectivity index (χ1v) is 17.6. The topological polar surface area (TPSA) is 13.1 Å². The van der Waals surface area contributed by atoms with Crippen molar-refractivity contribution < 1.29 is 4.42 Å². The molecule has 0 atom stereocenters. The van der Waals surface area contributed by atoms with Crippen molar-refractivity contribution in [3.63, 3.8) is 0 Å². The number of hydrogen-bond acceptors (Lipinski definition) is 1. The van der Waals surface area contributed by atoms with E-state index in [1.165, 1.54) is 87.6 Å². The van der Waals surface area contributed by atoms with Crippen molar-refractivity contribution in [1.82, 2.24) is 0 Å². The Hall–Kier alpha value is -6.70. The first kappa shape index (κ1) is 28.2. The van der Waals surface area contributed by atoms with Gasteiger partial charge in [-0.05, 0) is 106 Å². The second kappa shape index (κ2) is 10.9. The molecule has 11 aromatic rings. The van der Waals surface area contributed by atoms with E-state index >= 15 is 0 Å². The van der Waals surface area contributed by atoms with Crippen LogP contribution in [0.1, 0.15) is 0 Å². The lowest BCUT2D eigenvalue weighted by Gasteiger charge is -2.17. The molecule has 236 valence electrons. The van der Waals surface area contributed by atoms with Crippen LogP contribution in [0, 0.1) is 0 Å². The van der Waals surface area contributed by atoms with Gasteiger partial charge >= 0.3 is 0 Å². The summed E-state index contributed by atoms with van der Waals surface area (Å²) in [5, 5.41) is 12.6. The average molecular weight is 647 g/mol. The summed E-state index contributed by atoms with van der Waals surface area (Å²) in [5.41, 5.74) is 11.7. The Labute approximate surface area is 295 Å². The number of rotatable bonds is 4. The van der Waals surface area contributed by atoms with E-state index in [0.717, 1.165) is 21.9 Å². The van der Waals surface area contributed by atoms with Crippen LogP contribution >= 0.6 is 0 Å². The van der Waals surface area contributed by atoms with E-state index in [-0.39, 0.29) is 0 Å². The van der Waals surface area contributed by atoms with E-state index in [9.17, 15) is 0 Å². The van der Waals surface area contributed by atoms with Crippen LogP contribution in [-0.4, -0.2) is 0 Å². The van der Waals surface area contributed by atoms with Crippen LogP contribution in [0.3, 0.4) is 0 Å². The summed E-state index contributed by atoms with van der Waals surface area (Å²) < 4.78 is 6.08. The lowest BCUT2D eigenvalue weighted by molar-refractivity contribution is 0.669. The zero-order chi connectivity index (χ0) is 33.5. The minimum absolute atomic E-state index is 0.923. The Balaban J connectivity index is 0.994. The van der Waals surface area contributed by atoms with Gasteiger partial charge in [-0.2, -0.15) is 0 Å². The zero-order valence-electron chi connectivity index (χ0n) is 27.7. The minimum Gasteiger partial charge on any atom is -0.456 e. The van der Waals surface area contributed by atoms with Gasteiger partial charge in [0.25, 0.3) is 0 Å². The molecule has 1 heterocycles. The monoisotopic (exact) mass is 646 g/mol. The molecule has 0 N–H and O–H groups in total. The Morgan fingerprint density at radius 1 is 0.255 bits per heavy atom. The van der Waals surface area contributed by atoms with Crippen molar-refractivity contribution in [2.45, 2.75) is 0 Å². The number of benzene rings is 10. The molecule has 1 nitrogen and oxygen atoms in total. The molecule has 0 aliphatic rings. The van der Waals surface area contributed by atoms with Crippen LogP contribution in [-0.2, 0) is 0 Å². The summed E-state index contributed by atoms with van der Waals surface area (Å²) in [6.45, 7) is 0. The SMILES string of the molecule is c1ccc2c(-c3ccc(-c4ccc5ccc6c(-c7ccc(-c8ccc9oc%10ccccc%10c9c8)cc7)ccc7ccc4c5c76)cc3)cccc2c1. The molecule has 11 rings (SSSR count).